The molecule has 3 saturated heterocycles. The highest BCUT2D eigenvalue weighted by Crippen LogP contribution is 2.30. The summed E-state index contributed by atoms with van der Waals surface area (Å²) in [4.78, 5) is 4.59. The minimum absolute atomic E-state index is 0.177. The Morgan fingerprint density at radius 3 is 1.02 bits per heavy atom. The van der Waals surface area contributed by atoms with Crippen LogP contribution in [-0.4, -0.2) is 117 Å². The lowest BCUT2D eigenvalue weighted by molar-refractivity contribution is 0.189. The number of likely N-dealkylation sites (N-methyl/N-ethyl adjacent to an activating group) is 2. The third kappa shape index (κ3) is 59.7. The highest BCUT2D eigenvalue weighted by molar-refractivity contribution is 5.34. The number of nitrogens with one attached hydrogen (secondary N) is 7. The maximum atomic E-state index is 5.01. The molecule has 780 valence electrons. The molecule has 12 rings (SSSR count). The van der Waals surface area contributed by atoms with Crippen LogP contribution in [0.4, 0.5) is 0 Å². The van der Waals surface area contributed by atoms with Gasteiger partial charge in [0.1, 0.15) is 0 Å². The topological polar surface area (TPSA) is 99.9 Å². The monoisotopic (exact) mass is 1910 g/mol. The molecule has 0 bridgehead atoms. The summed E-state index contributed by atoms with van der Waals surface area (Å²) >= 11 is 0. The molecule has 140 heavy (non-hydrogen) atoms. The summed E-state index contributed by atoms with van der Waals surface area (Å²) in [6.07, 6.45) is 26.1. The molecule has 2 unspecified atom stereocenters. The molecule has 0 aliphatic carbocycles. The van der Waals surface area contributed by atoms with E-state index >= 15 is 0 Å². The molecule has 0 spiro atoms. The molecule has 0 amide bonds. The Morgan fingerprint density at radius 2 is 0.693 bits per heavy atom. The smallest absolute Gasteiger partial charge is 0.0587 e. The summed E-state index contributed by atoms with van der Waals surface area (Å²) in [5, 5.41) is 23.4. The van der Waals surface area contributed by atoms with Gasteiger partial charge in [0.15, 0.2) is 0 Å². The van der Waals surface area contributed by atoms with Gasteiger partial charge < -0.3 is 51.8 Å². The number of hydrogen-bond donors (Lipinski definition) is 7. The van der Waals surface area contributed by atoms with E-state index in [4.69, 9.17) is 4.74 Å². The van der Waals surface area contributed by atoms with Gasteiger partial charge in [-0.15, -0.1) is 0 Å². The number of nitrogens with zero attached hydrogens (tertiary/aromatic N) is 2. The molecule has 0 radical (unpaired) electrons. The van der Waals surface area contributed by atoms with Crippen molar-refractivity contribution in [2.45, 2.75) is 343 Å². The van der Waals surface area contributed by atoms with Gasteiger partial charge in [-0.2, -0.15) is 0 Å². The van der Waals surface area contributed by atoms with Gasteiger partial charge in [0.2, 0.25) is 0 Å². The second kappa shape index (κ2) is 73.6. The van der Waals surface area contributed by atoms with Gasteiger partial charge in [-0.1, -0.05) is 350 Å². The Bertz CT molecular complexity index is 4520. The number of aryl methyl sites for hydroxylation is 9. The Labute approximate surface area is 862 Å². The van der Waals surface area contributed by atoms with Gasteiger partial charge in [-0.3, -0.25) is 0 Å². The minimum Gasteiger partial charge on any atom is -0.383 e. The highest BCUT2D eigenvalue weighted by Gasteiger charge is 2.25. The Balaban J connectivity index is 0.000000329. The number of rotatable bonds is 47. The molecule has 3 aliphatic rings. The number of ether oxygens (including phenoxy) is 1. The van der Waals surface area contributed by atoms with Crippen LogP contribution in [0.25, 0.3) is 0 Å². The zero-order valence-corrected chi connectivity index (χ0v) is 94.9. The summed E-state index contributed by atoms with van der Waals surface area (Å²) in [7, 11) is 14.2. The van der Waals surface area contributed by atoms with Crippen LogP contribution < -0.4 is 37.2 Å². The van der Waals surface area contributed by atoms with E-state index in [9.17, 15) is 0 Å². The van der Waals surface area contributed by atoms with Crippen LogP contribution >= 0.6 is 0 Å². The van der Waals surface area contributed by atoms with Crippen LogP contribution in [0.3, 0.4) is 0 Å². The molecular weight excluding hydrogens is 1700 g/mol. The Kier molecular flexibility index (Phi) is 65.7. The summed E-state index contributed by atoms with van der Waals surface area (Å²) in [5.41, 5.74) is 26.4. The van der Waals surface area contributed by atoms with Crippen LogP contribution in [0.1, 0.15) is 347 Å². The standard InChI is InChI=1S/C16H27N.C15H25NO.2C15H23N.C14H21N.3C14H23N.C13H21N/c1-13(2)9-10-14-7-6-8-15(11-14)12-16(3,4)17-5;1-13(2)7-8-14-5-4-6-15(11-14)12-16-9-10-17-3;1-12(2)7-8-13-5-4-6-14(9-13)15-10-16(3)11-15;1-12(2)8-9-13-5-3-6-14(11-13)15-7-4-10-16-15;1-11(2)6-7-12-4-3-5-13(8-12)14-9-15-10-14;1-12(2)8-9-13-6-5-7-14(10-13)11-15(3)4;1-11(2)8-9-13-6-5-7-14(10-13)12(3)15-4;1-4-15-11-14-7-5-6-13(10-14)9-8-12(2)3;1-11(2)7-8-12-5-4-6-13(9-12)10-14-3/h6-8,11,13,17H,9-10,12H2,1-5H3;4-6,11,13,16H,7-10,12H2,1-3H3;4-6,9,12,15H,7-8,10-11H2,1-3H3;3,5-6,11-12,15-16H,4,7-10H2,1-2H3;3-5,8,11,14-15H,6-7,9-10H2,1-2H3;5-7,10,12H,8-9,11H2,1-4H3;5-7,10-12,15H,8-9H2,1-4H3;5-7,10,12,15H,4,8-9,11H2,1-3H3;4-6,9,11,14H,7-8,10H2,1-3H3. The van der Waals surface area contributed by atoms with Crippen molar-refractivity contribution in [1.29, 1.82) is 0 Å². The van der Waals surface area contributed by atoms with Crippen molar-refractivity contribution in [3.05, 3.63) is 319 Å². The molecule has 10 heteroatoms. The minimum atomic E-state index is 0.177. The third-order valence-electron chi connectivity index (χ3n) is 26.6. The van der Waals surface area contributed by atoms with E-state index in [-0.39, 0.29) is 5.54 Å². The fourth-order valence-corrected chi connectivity index (χ4v) is 17.0. The van der Waals surface area contributed by atoms with E-state index in [1.165, 1.54) is 243 Å². The van der Waals surface area contributed by atoms with Crippen molar-refractivity contribution in [3.63, 3.8) is 0 Å². The van der Waals surface area contributed by atoms with Crippen molar-refractivity contribution < 1.29 is 4.74 Å². The van der Waals surface area contributed by atoms with Crippen molar-refractivity contribution >= 4 is 0 Å². The molecule has 0 saturated carbocycles. The zero-order valence-electron chi connectivity index (χ0n) is 94.9. The second-order valence-electron chi connectivity index (χ2n) is 45.4. The maximum Gasteiger partial charge on any atom is 0.0587 e. The van der Waals surface area contributed by atoms with Crippen LogP contribution in [0.15, 0.2) is 218 Å². The van der Waals surface area contributed by atoms with Gasteiger partial charge in [-0.05, 0) is 364 Å². The quantitative estimate of drug-likeness (QED) is 0.0187. The SMILES string of the molecule is CC(C)CCc1cccc(C2CCCN2)c1.CC(C)CCc1cccc(C2CN(C)C2)c1.CC(C)CCc1cccc(C2CNC2)c1.CC(C)CCc1cccc(CN(C)C)c1.CCNCc1cccc(CCC(C)C)c1.CNC(C)(C)Cc1cccc(CCC(C)C)c1.CNC(C)c1cccc(CCC(C)C)c1.CNCc1cccc(CCC(C)C)c1.COCCNCc1cccc(CCC(C)C)c1. The molecule has 7 N–H and O–H groups in total. The van der Waals surface area contributed by atoms with Gasteiger partial charge in [-0.25, -0.2) is 0 Å². The van der Waals surface area contributed by atoms with Gasteiger partial charge in [0, 0.05) is 95.5 Å². The van der Waals surface area contributed by atoms with Crippen LogP contribution in [0, 0.1) is 53.3 Å². The summed E-state index contributed by atoms with van der Waals surface area (Å²) < 4.78 is 5.01. The number of benzene rings is 9. The maximum absolute atomic E-state index is 5.01. The second-order valence-corrected chi connectivity index (χ2v) is 45.4. The Morgan fingerprint density at radius 1 is 0.379 bits per heavy atom. The molecule has 9 aromatic carbocycles. The van der Waals surface area contributed by atoms with E-state index in [1.54, 1.807) is 12.7 Å². The van der Waals surface area contributed by atoms with Crippen molar-refractivity contribution in [2.75, 3.05) is 102 Å². The van der Waals surface area contributed by atoms with E-state index in [2.05, 4.69) is 439 Å². The lowest BCUT2D eigenvalue weighted by atomic mass is 9.90. The molecule has 0 aromatic heterocycles. The van der Waals surface area contributed by atoms with E-state index < -0.39 is 0 Å². The Hall–Kier alpha value is -7.42. The molecule has 3 fully saturated rings. The molecule has 3 aliphatic heterocycles. The van der Waals surface area contributed by atoms with Gasteiger partial charge in [0.05, 0.1) is 6.61 Å². The molecule has 10 nitrogen and oxygen atoms in total. The largest absolute Gasteiger partial charge is 0.383 e. The molecule has 2 atom stereocenters. The first-order valence-corrected chi connectivity index (χ1v) is 55.4. The van der Waals surface area contributed by atoms with Gasteiger partial charge in [0.25, 0.3) is 0 Å². The third-order valence-corrected chi connectivity index (χ3v) is 26.6. The molecule has 3 heterocycles. The molecular formula is C130H209N9O. The van der Waals surface area contributed by atoms with Crippen LogP contribution in [0.5, 0.6) is 0 Å². The van der Waals surface area contributed by atoms with Crippen LogP contribution in [0.2, 0.25) is 0 Å². The fourth-order valence-electron chi connectivity index (χ4n) is 17.0. The molecule has 9 aromatic rings. The van der Waals surface area contributed by atoms with E-state index in [0.717, 1.165) is 130 Å². The van der Waals surface area contributed by atoms with Crippen molar-refractivity contribution in [3.8, 4) is 0 Å². The normalized spacial score (nSPS) is 13.9. The average molecular weight is 1910 g/mol. The zero-order chi connectivity index (χ0) is 103. The summed E-state index contributed by atoms with van der Waals surface area (Å²) in [5.74, 6) is 8.69. The summed E-state index contributed by atoms with van der Waals surface area (Å²) in [6, 6.07) is 82.1. The van der Waals surface area contributed by atoms with E-state index in [0.29, 0.717) is 12.1 Å². The first kappa shape index (κ1) is 125. The summed E-state index contributed by atoms with van der Waals surface area (Å²) in [6.45, 7) is 62.5. The number of methoxy groups -OCH3 is 1. The van der Waals surface area contributed by atoms with Gasteiger partial charge >= 0.3 is 0 Å². The highest BCUT2D eigenvalue weighted by atomic mass is 16.5. The predicted octanol–water partition coefficient (Wildman–Crippen LogP) is 30.1. The van der Waals surface area contributed by atoms with Crippen molar-refractivity contribution in [1.82, 2.24) is 47.0 Å². The lowest BCUT2D eigenvalue weighted by Gasteiger charge is -2.36. The lowest BCUT2D eigenvalue weighted by Crippen LogP contribution is -2.41. The predicted molar refractivity (Wildman–Crippen MR) is 618 cm³/mol. The number of hydrogen-bond acceptors (Lipinski definition) is 10. The van der Waals surface area contributed by atoms with Crippen LogP contribution in [-0.2, 0) is 95.1 Å². The van der Waals surface area contributed by atoms with Crippen molar-refractivity contribution in [2.24, 2.45) is 53.3 Å². The first-order chi connectivity index (χ1) is 66.9. The number of likely N-dealkylation sites (tertiary alicyclic amines) is 1. The van der Waals surface area contributed by atoms with E-state index in [1.807, 2.05) is 21.1 Å². The first-order valence-electron chi connectivity index (χ1n) is 55.4. The average Bonchev–Trinajstić information content (AvgIpc) is 1.23. The fraction of sp³-hybridized carbons (Fsp3) is 0.585.